The van der Waals surface area contributed by atoms with Crippen molar-refractivity contribution in [2.75, 3.05) is 12.4 Å². The average Bonchev–Trinajstić information content (AvgIpc) is 2.26. The van der Waals surface area contributed by atoms with Gasteiger partial charge in [-0.15, -0.1) is 0 Å². The molecular weight excluding hydrogens is 326 g/mol. The van der Waals surface area contributed by atoms with Gasteiger partial charge in [0.2, 0.25) is 0 Å². The molecule has 1 N–H and O–H groups in total. The van der Waals surface area contributed by atoms with Gasteiger partial charge in [-0.25, -0.2) is 0 Å². The first kappa shape index (κ1) is 15.0. The number of rotatable bonds is 3. The Labute approximate surface area is 129 Å². The van der Waals surface area contributed by atoms with E-state index in [-0.39, 0.29) is 0 Å². The molecule has 106 valence electrons. The van der Waals surface area contributed by atoms with Crippen LogP contribution in [0.4, 0.5) is 5.69 Å². The Morgan fingerprint density at radius 1 is 1.21 bits per heavy atom. The third kappa shape index (κ3) is 3.79. The summed E-state index contributed by atoms with van der Waals surface area (Å²) in [5, 5.41) is 4.32. The van der Waals surface area contributed by atoms with E-state index in [1.165, 1.54) is 19.3 Å². The first-order chi connectivity index (χ1) is 8.99. The smallest absolute Gasteiger partial charge is 0.156 e. The molecule has 0 spiro atoms. The number of ether oxygens (including phenoxy) is 1. The van der Waals surface area contributed by atoms with Gasteiger partial charge < -0.3 is 10.1 Å². The van der Waals surface area contributed by atoms with E-state index in [2.05, 4.69) is 35.1 Å². The molecule has 0 aromatic heterocycles. The molecule has 0 aliphatic heterocycles. The largest absolute Gasteiger partial charge is 0.493 e. The number of halogens is 2. The van der Waals surface area contributed by atoms with Gasteiger partial charge in [0.05, 0.1) is 17.3 Å². The summed E-state index contributed by atoms with van der Waals surface area (Å²) in [7, 11) is 1.69. The van der Waals surface area contributed by atoms with Gasteiger partial charge >= 0.3 is 0 Å². The van der Waals surface area contributed by atoms with Gasteiger partial charge in [0.15, 0.2) is 5.75 Å². The van der Waals surface area contributed by atoms with Crippen molar-refractivity contribution >= 4 is 33.2 Å². The molecule has 0 saturated heterocycles. The fraction of sp³-hybridized carbons (Fsp3) is 0.600. The fourth-order valence-corrected chi connectivity index (χ4v) is 4.13. The lowest BCUT2D eigenvalue weighted by Crippen LogP contribution is -2.30. The van der Waals surface area contributed by atoms with E-state index in [4.69, 9.17) is 16.3 Å². The van der Waals surface area contributed by atoms with Gasteiger partial charge in [0.25, 0.3) is 0 Å². The van der Waals surface area contributed by atoms with Gasteiger partial charge in [-0.3, -0.25) is 0 Å². The summed E-state index contributed by atoms with van der Waals surface area (Å²) in [4.78, 5) is 0. The number of benzene rings is 1. The van der Waals surface area contributed by atoms with Crippen molar-refractivity contribution in [2.24, 2.45) is 11.8 Å². The van der Waals surface area contributed by atoms with Crippen LogP contribution in [0, 0.1) is 11.8 Å². The van der Waals surface area contributed by atoms with E-state index >= 15 is 0 Å². The van der Waals surface area contributed by atoms with Crippen molar-refractivity contribution in [1.82, 2.24) is 0 Å². The number of nitrogens with one attached hydrogen (secondary N) is 1. The van der Waals surface area contributed by atoms with Crippen molar-refractivity contribution in [3.63, 3.8) is 0 Å². The number of methoxy groups -OCH3 is 1. The molecular formula is C15H21BrClNO. The Hall–Kier alpha value is -0.410. The van der Waals surface area contributed by atoms with Crippen LogP contribution in [-0.4, -0.2) is 13.2 Å². The van der Waals surface area contributed by atoms with E-state index < -0.39 is 0 Å². The highest BCUT2D eigenvalue weighted by Gasteiger charge is 2.24. The van der Waals surface area contributed by atoms with Crippen LogP contribution in [0.1, 0.15) is 33.1 Å². The summed E-state index contributed by atoms with van der Waals surface area (Å²) in [6.45, 7) is 4.66. The van der Waals surface area contributed by atoms with Gasteiger partial charge in [-0.05, 0) is 59.2 Å². The monoisotopic (exact) mass is 345 g/mol. The van der Waals surface area contributed by atoms with Crippen LogP contribution in [0.3, 0.4) is 0 Å². The summed E-state index contributed by atoms with van der Waals surface area (Å²) >= 11 is 9.63. The van der Waals surface area contributed by atoms with Crippen LogP contribution in [0.15, 0.2) is 16.6 Å². The molecule has 0 bridgehead atoms. The average molecular weight is 347 g/mol. The highest BCUT2D eigenvalue weighted by Crippen LogP contribution is 2.38. The molecule has 0 heterocycles. The molecule has 0 radical (unpaired) electrons. The Balaban J connectivity index is 2.18. The van der Waals surface area contributed by atoms with E-state index in [1.807, 2.05) is 12.1 Å². The fourth-order valence-electron chi connectivity index (χ4n) is 3.16. The molecule has 1 fully saturated rings. The highest BCUT2D eigenvalue weighted by atomic mass is 79.9. The SMILES string of the molecule is COc1c(Br)cc(Cl)cc1NC1CC(C)CC(C)C1. The second-order valence-corrected chi connectivity index (χ2v) is 7.02. The second kappa shape index (κ2) is 6.36. The summed E-state index contributed by atoms with van der Waals surface area (Å²) in [5.41, 5.74) is 0.980. The van der Waals surface area contributed by atoms with Crippen LogP contribution in [-0.2, 0) is 0 Å². The molecule has 0 amide bonds. The standard InChI is InChI=1S/C15H21BrClNO/c1-9-4-10(2)6-12(5-9)18-14-8-11(17)7-13(16)15(14)19-3/h7-10,12,18H,4-6H2,1-3H3. The molecule has 1 aromatic carbocycles. The summed E-state index contributed by atoms with van der Waals surface area (Å²) < 4.78 is 6.35. The van der Waals surface area contributed by atoms with Crippen LogP contribution in [0.5, 0.6) is 5.75 Å². The van der Waals surface area contributed by atoms with E-state index in [1.54, 1.807) is 7.11 Å². The first-order valence-electron chi connectivity index (χ1n) is 6.79. The zero-order chi connectivity index (χ0) is 14.0. The molecule has 1 saturated carbocycles. The lowest BCUT2D eigenvalue weighted by molar-refractivity contribution is 0.280. The van der Waals surface area contributed by atoms with Crippen molar-refractivity contribution in [3.05, 3.63) is 21.6 Å². The van der Waals surface area contributed by atoms with E-state index in [0.29, 0.717) is 11.1 Å². The van der Waals surface area contributed by atoms with E-state index in [9.17, 15) is 0 Å². The Bertz CT molecular complexity index is 442. The molecule has 4 heteroatoms. The van der Waals surface area contributed by atoms with Crippen molar-refractivity contribution in [2.45, 2.75) is 39.2 Å². The summed E-state index contributed by atoms with van der Waals surface area (Å²) in [6, 6.07) is 4.30. The number of hydrogen-bond acceptors (Lipinski definition) is 2. The predicted molar refractivity (Wildman–Crippen MR) is 85.3 cm³/mol. The quantitative estimate of drug-likeness (QED) is 0.796. The van der Waals surface area contributed by atoms with Crippen molar-refractivity contribution in [3.8, 4) is 5.75 Å². The lowest BCUT2D eigenvalue weighted by Gasteiger charge is -2.33. The maximum absolute atomic E-state index is 6.13. The third-order valence-corrected chi connectivity index (χ3v) is 4.56. The van der Waals surface area contributed by atoms with Crippen LogP contribution < -0.4 is 10.1 Å². The maximum Gasteiger partial charge on any atom is 0.156 e. The Morgan fingerprint density at radius 3 is 2.42 bits per heavy atom. The Morgan fingerprint density at radius 2 is 1.84 bits per heavy atom. The molecule has 1 aliphatic carbocycles. The summed E-state index contributed by atoms with van der Waals surface area (Å²) in [5.74, 6) is 2.38. The minimum Gasteiger partial charge on any atom is -0.493 e. The number of hydrogen-bond donors (Lipinski definition) is 1. The molecule has 19 heavy (non-hydrogen) atoms. The predicted octanol–water partition coefficient (Wildman–Crippen LogP) is 5.35. The van der Waals surface area contributed by atoms with Gasteiger partial charge in [-0.1, -0.05) is 25.4 Å². The summed E-state index contributed by atoms with van der Waals surface area (Å²) in [6.07, 6.45) is 3.74. The molecule has 1 aromatic rings. The van der Waals surface area contributed by atoms with Gasteiger partial charge in [0.1, 0.15) is 0 Å². The van der Waals surface area contributed by atoms with Gasteiger partial charge in [-0.2, -0.15) is 0 Å². The molecule has 2 nitrogen and oxygen atoms in total. The normalized spacial score (nSPS) is 27.1. The van der Waals surface area contributed by atoms with Crippen molar-refractivity contribution < 1.29 is 4.74 Å². The second-order valence-electron chi connectivity index (χ2n) is 5.73. The first-order valence-corrected chi connectivity index (χ1v) is 7.96. The van der Waals surface area contributed by atoms with Crippen molar-refractivity contribution in [1.29, 1.82) is 0 Å². The lowest BCUT2D eigenvalue weighted by atomic mass is 9.80. The van der Waals surface area contributed by atoms with Crippen LogP contribution in [0.25, 0.3) is 0 Å². The molecule has 2 unspecified atom stereocenters. The third-order valence-electron chi connectivity index (χ3n) is 3.75. The topological polar surface area (TPSA) is 21.3 Å². The van der Waals surface area contributed by atoms with Crippen LogP contribution >= 0.6 is 27.5 Å². The van der Waals surface area contributed by atoms with Gasteiger partial charge in [0, 0.05) is 11.1 Å². The highest BCUT2D eigenvalue weighted by molar-refractivity contribution is 9.10. The van der Waals surface area contributed by atoms with Crippen LogP contribution in [0.2, 0.25) is 5.02 Å². The Kier molecular flexibility index (Phi) is 5.02. The minimum atomic E-state index is 0.498. The maximum atomic E-state index is 6.13. The van der Waals surface area contributed by atoms with E-state index in [0.717, 1.165) is 27.7 Å². The minimum absolute atomic E-state index is 0.498. The molecule has 2 rings (SSSR count). The zero-order valence-corrected chi connectivity index (χ0v) is 14.0. The number of anilines is 1. The molecule has 1 aliphatic rings. The zero-order valence-electron chi connectivity index (χ0n) is 11.7. The molecule has 2 atom stereocenters.